The molecule has 0 saturated carbocycles. The first-order chi connectivity index (χ1) is 27.3. The van der Waals surface area contributed by atoms with Gasteiger partial charge in [0.1, 0.15) is 5.75 Å². The average molecular weight is 708 g/mol. The lowest BCUT2D eigenvalue weighted by atomic mass is 9.98. The van der Waals surface area contributed by atoms with E-state index in [1.165, 1.54) is 60.2 Å². The maximum Gasteiger partial charge on any atom is 0.176 e. The van der Waals surface area contributed by atoms with Crippen LogP contribution in [-0.2, 0) is 0 Å². The molecule has 4 heteroatoms. The number of ether oxygens (including phenoxy) is 1. The van der Waals surface area contributed by atoms with Crippen molar-refractivity contribution < 1.29 is 4.74 Å². The largest absolute Gasteiger partial charge is 0.468 e. The zero-order chi connectivity index (χ0) is 36.3. The molecule has 11 rings (SSSR count). The van der Waals surface area contributed by atoms with Crippen LogP contribution in [-0.4, -0.2) is 10.8 Å². The zero-order valence-electron chi connectivity index (χ0n) is 30.1. The van der Waals surface area contributed by atoms with Crippen molar-refractivity contribution in [2.24, 2.45) is 5.92 Å². The van der Waals surface area contributed by atoms with Crippen LogP contribution in [0, 0.1) is 5.92 Å². The van der Waals surface area contributed by atoms with Gasteiger partial charge in [-0.15, -0.1) is 0 Å². The summed E-state index contributed by atoms with van der Waals surface area (Å²) >= 11 is 0. The van der Waals surface area contributed by atoms with Gasteiger partial charge >= 0.3 is 0 Å². The molecule has 2 aliphatic rings. The first-order valence-electron chi connectivity index (χ1n) is 19.1. The van der Waals surface area contributed by atoms with Crippen LogP contribution in [0.5, 0.6) is 5.75 Å². The number of nitrogens with zero attached hydrogens (tertiary/aromatic N) is 2. The molecular formula is C51H37N3O. The number of hydrogen-bond acceptors (Lipinski definition) is 3. The number of nitrogens with one attached hydrogen (secondary N) is 1. The summed E-state index contributed by atoms with van der Waals surface area (Å²) in [6.45, 7) is 0. The molecule has 0 saturated heterocycles. The van der Waals surface area contributed by atoms with E-state index in [0.717, 1.165) is 34.9 Å². The number of para-hydroxylation sites is 3. The number of fused-ring (bicyclic) bond motifs is 8. The van der Waals surface area contributed by atoms with Gasteiger partial charge in [-0.25, -0.2) is 0 Å². The molecule has 1 aliphatic carbocycles. The molecular weight excluding hydrogens is 671 g/mol. The topological polar surface area (TPSA) is 29.4 Å². The van der Waals surface area contributed by atoms with Crippen LogP contribution in [0.4, 0.5) is 22.7 Å². The average Bonchev–Trinajstić information content (AvgIpc) is 3.85. The third kappa shape index (κ3) is 5.29. The fourth-order valence-electron chi connectivity index (χ4n) is 8.67. The van der Waals surface area contributed by atoms with Crippen LogP contribution >= 0.6 is 0 Å². The highest BCUT2D eigenvalue weighted by molar-refractivity contribution is 6.16. The Morgan fingerprint density at radius 1 is 0.545 bits per heavy atom. The third-order valence-corrected chi connectivity index (χ3v) is 11.3. The molecule has 2 unspecified atom stereocenters. The summed E-state index contributed by atoms with van der Waals surface area (Å²) < 4.78 is 8.84. The third-order valence-electron chi connectivity index (χ3n) is 11.3. The lowest BCUT2D eigenvalue weighted by molar-refractivity contribution is 0.204. The van der Waals surface area contributed by atoms with Crippen molar-refractivity contribution >= 4 is 66.1 Å². The van der Waals surface area contributed by atoms with Crippen molar-refractivity contribution in [1.82, 2.24) is 4.57 Å². The molecule has 2 atom stereocenters. The molecule has 262 valence electrons. The summed E-state index contributed by atoms with van der Waals surface area (Å²) in [5.74, 6) is 1.22. The van der Waals surface area contributed by atoms with Crippen molar-refractivity contribution in [2.45, 2.75) is 12.6 Å². The molecule has 9 aromatic rings. The zero-order valence-corrected chi connectivity index (χ0v) is 30.1. The van der Waals surface area contributed by atoms with E-state index in [1.807, 2.05) is 0 Å². The minimum Gasteiger partial charge on any atom is -0.468 e. The summed E-state index contributed by atoms with van der Waals surface area (Å²) in [6.07, 6.45) is 9.57. The molecule has 0 spiro atoms. The quantitative estimate of drug-likeness (QED) is 0.175. The summed E-state index contributed by atoms with van der Waals surface area (Å²) in [4.78, 5) is 2.35. The predicted octanol–water partition coefficient (Wildman–Crippen LogP) is 13.5. The van der Waals surface area contributed by atoms with Gasteiger partial charge < -0.3 is 19.5 Å². The van der Waals surface area contributed by atoms with E-state index in [2.05, 4.69) is 209 Å². The van der Waals surface area contributed by atoms with E-state index in [-0.39, 0.29) is 6.23 Å². The normalized spacial score (nSPS) is 16.1. The van der Waals surface area contributed by atoms with Gasteiger partial charge in [0.05, 0.1) is 16.7 Å². The van der Waals surface area contributed by atoms with Crippen molar-refractivity contribution in [3.8, 4) is 22.6 Å². The standard InChI is InChI=1S/C51H37N3O/c1-4-12-36(13-5-1)51-52-50-48(55-51)31-25-35-20-21-38-32-42(28-29-43(38)49(35)50)53(39-14-6-2-7-15-39)41-26-22-34(23-27-41)37-24-30-47-45(33-37)44-18-10-11-19-46(44)54(47)40-16-8-3-9-17-40/h1-12,14-33,36,51-52H,13H2. The van der Waals surface area contributed by atoms with Gasteiger partial charge in [0.2, 0.25) is 0 Å². The van der Waals surface area contributed by atoms with Gasteiger partial charge in [-0.05, 0) is 107 Å². The molecule has 8 aromatic carbocycles. The molecule has 1 N–H and O–H groups in total. The fourth-order valence-corrected chi connectivity index (χ4v) is 8.67. The molecule has 1 aliphatic heterocycles. The Kier molecular flexibility index (Phi) is 7.34. The molecule has 0 fully saturated rings. The second-order valence-corrected chi connectivity index (χ2v) is 14.5. The van der Waals surface area contributed by atoms with Crippen LogP contribution in [0.25, 0.3) is 60.2 Å². The van der Waals surface area contributed by atoms with Gasteiger partial charge in [-0.1, -0.05) is 121 Å². The van der Waals surface area contributed by atoms with E-state index in [1.54, 1.807) is 0 Å². The summed E-state index contributed by atoms with van der Waals surface area (Å²) in [5, 5.41) is 11.1. The molecule has 55 heavy (non-hydrogen) atoms. The lowest BCUT2D eigenvalue weighted by Crippen LogP contribution is -2.29. The highest BCUT2D eigenvalue weighted by Gasteiger charge is 2.30. The summed E-state index contributed by atoms with van der Waals surface area (Å²) in [5.41, 5.74) is 10.4. The Morgan fingerprint density at radius 2 is 1.25 bits per heavy atom. The monoisotopic (exact) mass is 707 g/mol. The molecule has 0 amide bonds. The number of aromatic nitrogens is 1. The minimum absolute atomic E-state index is 0.0792. The van der Waals surface area contributed by atoms with Crippen molar-refractivity contribution in [2.75, 3.05) is 10.2 Å². The summed E-state index contributed by atoms with van der Waals surface area (Å²) in [7, 11) is 0. The Balaban J connectivity index is 0.971. The van der Waals surface area contributed by atoms with Crippen molar-refractivity contribution in [3.05, 3.63) is 194 Å². The minimum atomic E-state index is -0.0792. The van der Waals surface area contributed by atoms with Gasteiger partial charge in [-0.3, -0.25) is 0 Å². The number of rotatable bonds is 6. The van der Waals surface area contributed by atoms with Crippen LogP contribution in [0.3, 0.4) is 0 Å². The van der Waals surface area contributed by atoms with E-state index >= 15 is 0 Å². The highest BCUT2D eigenvalue weighted by atomic mass is 16.5. The number of anilines is 4. The Morgan fingerprint density at radius 3 is 2.09 bits per heavy atom. The number of benzene rings is 8. The van der Waals surface area contributed by atoms with Gasteiger partial charge in [0, 0.05) is 44.8 Å². The molecule has 0 bridgehead atoms. The van der Waals surface area contributed by atoms with Gasteiger partial charge in [0.15, 0.2) is 6.23 Å². The first-order valence-corrected chi connectivity index (χ1v) is 19.1. The maximum absolute atomic E-state index is 6.48. The van der Waals surface area contributed by atoms with E-state index < -0.39 is 0 Å². The van der Waals surface area contributed by atoms with Crippen LogP contribution < -0.4 is 15.0 Å². The highest BCUT2D eigenvalue weighted by Crippen LogP contribution is 2.45. The van der Waals surface area contributed by atoms with Crippen molar-refractivity contribution in [1.29, 1.82) is 0 Å². The van der Waals surface area contributed by atoms with E-state index in [9.17, 15) is 0 Å². The SMILES string of the molecule is C1=CCC(C2Nc3c(ccc4ccc5cc(N(c6ccccc6)c6ccc(-c7ccc8c(c7)c7ccccc7n8-c7ccccc7)cc6)ccc5c34)O2)C=C1. The van der Waals surface area contributed by atoms with Crippen LogP contribution in [0.1, 0.15) is 6.42 Å². The smallest absolute Gasteiger partial charge is 0.176 e. The lowest BCUT2D eigenvalue weighted by Gasteiger charge is -2.26. The molecule has 0 radical (unpaired) electrons. The molecule has 4 nitrogen and oxygen atoms in total. The maximum atomic E-state index is 6.48. The van der Waals surface area contributed by atoms with Gasteiger partial charge in [-0.2, -0.15) is 0 Å². The second-order valence-electron chi connectivity index (χ2n) is 14.5. The molecule has 1 aromatic heterocycles. The van der Waals surface area contributed by atoms with E-state index in [4.69, 9.17) is 4.74 Å². The number of hydrogen-bond donors (Lipinski definition) is 1. The van der Waals surface area contributed by atoms with Crippen LogP contribution in [0.2, 0.25) is 0 Å². The van der Waals surface area contributed by atoms with Crippen LogP contribution in [0.15, 0.2) is 194 Å². The fraction of sp³-hybridized carbons (Fsp3) is 0.0588. The Bertz CT molecular complexity index is 2960. The van der Waals surface area contributed by atoms with Crippen molar-refractivity contribution in [3.63, 3.8) is 0 Å². The van der Waals surface area contributed by atoms with Gasteiger partial charge in [0.25, 0.3) is 0 Å². The Hall–Kier alpha value is -7.04. The summed E-state index contributed by atoms with van der Waals surface area (Å²) in [6, 6.07) is 61.4. The van der Waals surface area contributed by atoms with E-state index in [0.29, 0.717) is 5.92 Å². The Labute approximate surface area is 319 Å². The predicted molar refractivity (Wildman–Crippen MR) is 230 cm³/mol. The number of allylic oxidation sites excluding steroid dienone is 3. The molecule has 2 heterocycles. The second kappa shape index (κ2) is 12.8. The first kappa shape index (κ1) is 31.5.